The average molecular weight is 433 g/mol. The Morgan fingerprint density at radius 3 is 2.33 bits per heavy atom. The number of morpholine rings is 1. The van der Waals surface area contributed by atoms with E-state index in [2.05, 4.69) is 15.5 Å². The number of sulfonamides is 1. The number of carbonyl (C=O) groups is 2. The van der Waals surface area contributed by atoms with Gasteiger partial charge < -0.3 is 20.3 Å². The molecule has 9 nitrogen and oxygen atoms in total. The van der Waals surface area contributed by atoms with Crippen molar-refractivity contribution in [2.24, 2.45) is 5.14 Å². The van der Waals surface area contributed by atoms with Crippen LogP contribution >= 0.6 is 0 Å². The third-order valence-corrected chi connectivity index (χ3v) is 5.59. The largest absolute Gasteiger partial charge is 0.378 e. The van der Waals surface area contributed by atoms with Gasteiger partial charge in [-0.1, -0.05) is 24.3 Å². The highest BCUT2D eigenvalue weighted by Gasteiger charge is 2.18. The first-order valence-corrected chi connectivity index (χ1v) is 11.0. The predicted octanol–water partition coefficient (Wildman–Crippen LogP) is 0.468. The van der Waals surface area contributed by atoms with Crippen molar-refractivity contribution < 1.29 is 22.7 Å². The normalized spacial score (nSPS) is 14.2. The number of rotatable bonds is 6. The van der Waals surface area contributed by atoms with E-state index in [1.165, 1.54) is 12.1 Å². The summed E-state index contributed by atoms with van der Waals surface area (Å²) >= 11 is 0. The molecule has 1 aliphatic rings. The number of nitrogens with zero attached hydrogens (tertiary/aromatic N) is 1. The minimum absolute atomic E-state index is 0.0218. The van der Waals surface area contributed by atoms with Gasteiger partial charge in [0.2, 0.25) is 10.0 Å². The van der Waals surface area contributed by atoms with Gasteiger partial charge in [-0.2, -0.15) is 0 Å². The van der Waals surface area contributed by atoms with Gasteiger partial charge in [-0.15, -0.1) is 0 Å². The van der Waals surface area contributed by atoms with E-state index in [-0.39, 0.29) is 11.4 Å². The van der Waals surface area contributed by atoms with Gasteiger partial charge in [0.05, 0.1) is 29.5 Å². The first-order valence-electron chi connectivity index (χ1n) is 9.47. The summed E-state index contributed by atoms with van der Waals surface area (Å²) in [6, 6.07) is 13.4. The molecule has 0 unspecified atom stereocenters. The van der Waals surface area contributed by atoms with E-state index in [0.717, 1.165) is 11.3 Å². The van der Waals surface area contributed by atoms with E-state index in [0.29, 0.717) is 38.4 Å². The number of carbonyl (C=O) groups excluding carboxylic acids is 2. The molecule has 0 atom stereocenters. The van der Waals surface area contributed by atoms with Crippen molar-refractivity contribution in [1.82, 2.24) is 5.32 Å². The summed E-state index contributed by atoms with van der Waals surface area (Å²) in [5, 5.41) is 10.3. The standard InChI is InChI=1S/C20H24N4O5S/c21-30(27,28)16-7-5-15(6-8-16)9-10-22-19(25)20(26)23-17-3-1-2-4-18(17)24-11-13-29-14-12-24/h1-8H,9-14H2,(H,22,25)(H,23,26)(H2,21,27,28). The van der Waals surface area contributed by atoms with Crippen molar-refractivity contribution in [2.75, 3.05) is 43.1 Å². The van der Waals surface area contributed by atoms with E-state index in [4.69, 9.17) is 9.88 Å². The zero-order valence-corrected chi connectivity index (χ0v) is 17.2. The molecule has 30 heavy (non-hydrogen) atoms. The predicted molar refractivity (Wildman–Crippen MR) is 113 cm³/mol. The summed E-state index contributed by atoms with van der Waals surface area (Å²) in [5.41, 5.74) is 2.22. The van der Waals surface area contributed by atoms with Gasteiger partial charge in [0.1, 0.15) is 0 Å². The number of primary sulfonamides is 1. The van der Waals surface area contributed by atoms with Crippen LogP contribution in [0.25, 0.3) is 0 Å². The molecule has 1 heterocycles. The first-order chi connectivity index (χ1) is 14.3. The van der Waals surface area contributed by atoms with Gasteiger partial charge in [0, 0.05) is 19.6 Å². The number of hydrogen-bond acceptors (Lipinski definition) is 6. The lowest BCUT2D eigenvalue weighted by molar-refractivity contribution is -0.136. The van der Waals surface area contributed by atoms with Crippen LogP contribution in [0.4, 0.5) is 11.4 Å². The summed E-state index contributed by atoms with van der Waals surface area (Å²) in [4.78, 5) is 26.6. The van der Waals surface area contributed by atoms with Crippen molar-refractivity contribution in [3.05, 3.63) is 54.1 Å². The van der Waals surface area contributed by atoms with Crippen LogP contribution in [-0.4, -0.2) is 53.1 Å². The van der Waals surface area contributed by atoms with Crippen LogP contribution in [0.3, 0.4) is 0 Å². The quantitative estimate of drug-likeness (QED) is 0.569. The van der Waals surface area contributed by atoms with Gasteiger partial charge >= 0.3 is 11.8 Å². The third-order valence-electron chi connectivity index (χ3n) is 4.66. The zero-order chi connectivity index (χ0) is 21.6. The molecule has 1 saturated heterocycles. The fourth-order valence-corrected chi connectivity index (χ4v) is 3.60. The number of hydrogen-bond donors (Lipinski definition) is 3. The Labute approximate surface area is 175 Å². The van der Waals surface area contributed by atoms with Crippen molar-refractivity contribution in [3.63, 3.8) is 0 Å². The summed E-state index contributed by atoms with van der Waals surface area (Å²) in [5.74, 6) is -1.49. The number of nitrogens with two attached hydrogens (primary N) is 1. The number of benzene rings is 2. The highest BCUT2D eigenvalue weighted by atomic mass is 32.2. The van der Waals surface area contributed by atoms with Gasteiger partial charge in [-0.25, -0.2) is 13.6 Å². The van der Waals surface area contributed by atoms with E-state index in [1.54, 1.807) is 24.3 Å². The molecule has 2 aromatic carbocycles. The van der Waals surface area contributed by atoms with Crippen molar-refractivity contribution in [1.29, 1.82) is 0 Å². The molecule has 0 bridgehead atoms. The minimum Gasteiger partial charge on any atom is -0.378 e. The molecule has 0 spiro atoms. The summed E-state index contributed by atoms with van der Waals surface area (Å²) in [7, 11) is -3.74. The van der Waals surface area contributed by atoms with Crippen LogP contribution < -0.4 is 20.7 Å². The molecule has 160 valence electrons. The van der Waals surface area contributed by atoms with Gasteiger partial charge in [0.15, 0.2) is 0 Å². The first kappa shape index (κ1) is 21.8. The zero-order valence-electron chi connectivity index (χ0n) is 16.3. The second-order valence-electron chi connectivity index (χ2n) is 6.77. The number of para-hydroxylation sites is 2. The molecule has 2 amide bonds. The van der Waals surface area contributed by atoms with Crippen LogP contribution in [0.2, 0.25) is 0 Å². The van der Waals surface area contributed by atoms with E-state index >= 15 is 0 Å². The molecular weight excluding hydrogens is 408 g/mol. The van der Waals surface area contributed by atoms with Gasteiger partial charge in [-0.3, -0.25) is 9.59 Å². The SMILES string of the molecule is NS(=O)(=O)c1ccc(CCNC(=O)C(=O)Nc2ccccc2N2CCOCC2)cc1. The van der Waals surface area contributed by atoms with Crippen LogP contribution in [0.5, 0.6) is 0 Å². The summed E-state index contributed by atoms with van der Waals surface area (Å²) in [6.45, 7) is 2.88. The lowest BCUT2D eigenvalue weighted by atomic mass is 10.1. The maximum Gasteiger partial charge on any atom is 0.313 e. The van der Waals surface area contributed by atoms with Crippen LogP contribution in [0.1, 0.15) is 5.56 Å². The van der Waals surface area contributed by atoms with E-state index in [1.807, 2.05) is 12.1 Å². The number of nitrogens with one attached hydrogen (secondary N) is 2. The third kappa shape index (κ3) is 5.78. The Kier molecular flexibility index (Phi) is 7.03. The molecule has 2 aromatic rings. The Morgan fingerprint density at radius 2 is 1.67 bits per heavy atom. The molecule has 0 aliphatic carbocycles. The lowest BCUT2D eigenvalue weighted by Gasteiger charge is -2.30. The Hall–Kier alpha value is -2.95. The Balaban J connectivity index is 1.52. The molecule has 1 aliphatic heterocycles. The smallest absolute Gasteiger partial charge is 0.313 e. The molecule has 0 radical (unpaired) electrons. The maximum absolute atomic E-state index is 12.3. The number of amides is 2. The Bertz CT molecular complexity index is 1000. The average Bonchev–Trinajstić information content (AvgIpc) is 2.74. The molecule has 0 saturated carbocycles. The van der Waals surface area contributed by atoms with Crippen molar-refractivity contribution in [2.45, 2.75) is 11.3 Å². The van der Waals surface area contributed by atoms with Crippen LogP contribution in [-0.2, 0) is 30.8 Å². The fraction of sp³-hybridized carbons (Fsp3) is 0.300. The summed E-state index contributed by atoms with van der Waals surface area (Å²) < 4.78 is 27.9. The number of anilines is 2. The van der Waals surface area contributed by atoms with Crippen molar-refractivity contribution >= 4 is 33.2 Å². The molecule has 4 N–H and O–H groups in total. The molecule has 0 aromatic heterocycles. The van der Waals surface area contributed by atoms with E-state index in [9.17, 15) is 18.0 Å². The molecule has 3 rings (SSSR count). The lowest BCUT2D eigenvalue weighted by Crippen LogP contribution is -2.38. The summed E-state index contributed by atoms with van der Waals surface area (Å²) in [6.07, 6.45) is 0.439. The minimum atomic E-state index is -3.74. The highest BCUT2D eigenvalue weighted by Crippen LogP contribution is 2.26. The second kappa shape index (κ2) is 9.70. The van der Waals surface area contributed by atoms with E-state index < -0.39 is 21.8 Å². The van der Waals surface area contributed by atoms with Crippen LogP contribution in [0, 0.1) is 0 Å². The highest BCUT2D eigenvalue weighted by molar-refractivity contribution is 7.89. The van der Waals surface area contributed by atoms with Crippen LogP contribution in [0.15, 0.2) is 53.4 Å². The van der Waals surface area contributed by atoms with Gasteiger partial charge in [0.25, 0.3) is 0 Å². The maximum atomic E-state index is 12.3. The van der Waals surface area contributed by atoms with Gasteiger partial charge in [-0.05, 0) is 36.2 Å². The topological polar surface area (TPSA) is 131 Å². The molecule has 1 fully saturated rings. The van der Waals surface area contributed by atoms with Crippen molar-refractivity contribution in [3.8, 4) is 0 Å². The second-order valence-corrected chi connectivity index (χ2v) is 8.33. The Morgan fingerprint density at radius 1 is 1.00 bits per heavy atom. The molecule has 10 heteroatoms. The molecular formula is C20H24N4O5S. The monoisotopic (exact) mass is 432 g/mol. The fourth-order valence-electron chi connectivity index (χ4n) is 3.08. The number of ether oxygens (including phenoxy) is 1.